The van der Waals surface area contributed by atoms with E-state index in [1.54, 1.807) is 0 Å². The first-order valence-corrected chi connectivity index (χ1v) is 17.6. The van der Waals surface area contributed by atoms with Crippen LogP contribution in [0.25, 0.3) is 0 Å². The highest BCUT2D eigenvalue weighted by Gasteiger charge is 2.58. The van der Waals surface area contributed by atoms with E-state index >= 15 is 0 Å². The fourth-order valence-electron chi connectivity index (χ4n) is 7.03. The minimum Gasteiger partial charge on any atom is -0.394 e. The number of hydrogen-bond acceptors (Lipinski definition) is 26. The van der Waals surface area contributed by atoms with Gasteiger partial charge >= 0.3 is 0 Å². The maximum absolute atomic E-state index is 11.5. The molecule has 25 atom stereocenters. The third kappa shape index (κ3) is 9.16. The molecule has 0 unspecified atom stereocenters. The molecule has 5 fully saturated rings. The van der Waals surface area contributed by atoms with E-state index in [0.29, 0.717) is 0 Å². The van der Waals surface area contributed by atoms with Crippen molar-refractivity contribution in [3.8, 4) is 0 Å². The van der Waals surface area contributed by atoms with Gasteiger partial charge in [-0.05, 0) is 0 Å². The summed E-state index contributed by atoms with van der Waals surface area (Å²) in [6, 6.07) is 0. The molecule has 5 aliphatic rings. The van der Waals surface area contributed by atoms with Crippen LogP contribution in [0.4, 0.5) is 0 Å². The van der Waals surface area contributed by atoms with Crippen LogP contribution >= 0.6 is 0 Å². The molecule has 0 aromatic rings. The highest BCUT2D eigenvalue weighted by atomic mass is 16.8. The van der Waals surface area contributed by atoms with E-state index in [9.17, 15) is 86.8 Å². The van der Waals surface area contributed by atoms with Crippen LogP contribution in [0.2, 0.25) is 0 Å². The summed E-state index contributed by atoms with van der Waals surface area (Å²) in [5.74, 6) is 0. The lowest BCUT2D eigenvalue weighted by atomic mass is 9.96. The lowest BCUT2D eigenvalue weighted by Gasteiger charge is -2.49. The molecule has 0 spiro atoms. The maximum Gasteiger partial charge on any atom is 0.187 e. The van der Waals surface area contributed by atoms with Crippen LogP contribution in [0.1, 0.15) is 0 Å². The topological polar surface area (TPSA) is 427 Å². The van der Waals surface area contributed by atoms with E-state index in [1.807, 2.05) is 0 Å². The van der Waals surface area contributed by atoms with Gasteiger partial charge < -0.3 is 129 Å². The summed E-state index contributed by atoms with van der Waals surface area (Å²) in [6.45, 7) is -4.70. The quantitative estimate of drug-likeness (QED) is 0.0728. The minimum absolute atomic E-state index is 0.855. The van der Waals surface area contributed by atoms with Crippen LogP contribution in [0.3, 0.4) is 0 Å². The molecule has 17 N–H and O–H groups in total. The van der Waals surface area contributed by atoms with Gasteiger partial charge in [-0.15, -0.1) is 0 Å². The Morgan fingerprint density at radius 2 is 0.750 bits per heavy atom. The van der Waals surface area contributed by atoms with E-state index in [2.05, 4.69) is 0 Å². The molecule has 5 aliphatic heterocycles. The van der Waals surface area contributed by atoms with Crippen LogP contribution < -0.4 is 0 Å². The standard InChI is InChI=1S/C30H52O26/c31-1-6(36)20-15(42)17(44)27(51-20)53-22-12(39)9(4-34)49-29(19(22)46)56-25-23(54-28-18(45)16(43)21(52-28)7(37)2-32)13(40)10(5-35)50-30(25)55-24-14(41)11(38)8(3-33)48-26(24)47/h6-47H,1-5H2/t6-,7-,8-,9-,10-,11-,12-,13-,14+,15-,16-,17-,18-,19+,20+,21+,22+,23+,24+,25+,26+,27+,28+,29-,30-/m1/s1. The molecule has 26 nitrogen and oxygen atoms in total. The second-order valence-electron chi connectivity index (χ2n) is 14.0. The largest absolute Gasteiger partial charge is 0.394 e. The third-order valence-electron chi connectivity index (χ3n) is 10.3. The monoisotopic (exact) mass is 828 g/mol. The van der Waals surface area contributed by atoms with Gasteiger partial charge in [0.15, 0.2) is 31.5 Å². The third-order valence-corrected chi connectivity index (χ3v) is 10.3. The number of hydrogen-bond donors (Lipinski definition) is 17. The van der Waals surface area contributed by atoms with Crippen LogP contribution in [0.15, 0.2) is 0 Å². The van der Waals surface area contributed by atoms with Gasteiger partial charge in [-0.2, -0.15) is 0 Å². The first-order chi connectivity index (χ1) is 26.5. The molecule has 26 heteroatoms. The molecule has 5 rings (SSSR count). The maximum atomic E-state index is 11.5. The van der Waals surface area contributed by atoms with E-state index < -0.39 is 187 Å². The number of rotatable bonds is 15. The van der Waals surface area contributed by atoms with Crippen LogP contribution in [0, 0.1) is 0 Å². The second kappa shape index (κ2) is 19.6. The molecular weight excluding hydrogens is 776 g/mol. The average Bonchev–Trinajstić information content (AvgIpc) is 3.63. The fraction of sp³-hybridized carbons (Fsp3) is 1.00. The summed E-state index contributed by atoms with van der Waals surface area (Å²) in [6.07, 6.45) is -47.5. The summed E-state index contributed by atoms with van der Waals surface area (Å²) < 4.78 is 50.2. The van der Waals surface area contributed by atoms with Crippen LogP contribution in [-0.2, 0) is 42.6 Å². The lowest BCUT2D eigenvalue weighted by molar-refractivity contribution is -0.404. The summed E-state index contributed by atoms with van der Waals surface area (Å²) >= 11 is 0. The predicted molar refractivity (Wildman–Crippen MR) is 167 cm³/mol. The molecule has 0 radical (unpaired) electrons. The first kappa shape index (κ1) is 46.0. The average molecular weight is 829 g/mol. The van der Waals surface area contributed by atoms with Gasteiger partial charge in [0.2, 0.25) is 0 Å². The molecule has 56 heavy (non-hydrogen) atoms. The Labute approximate surface area is 316 Å². The van der Waals surface area contributed by atoms with Crippen molar-refractivity contribution >= 4 is 0 Å². The highest BCUT2D eigenvalue weighted by molar-refractivity contribution is 5.00. The fourth-order valence-corrected chi connectivity index (χ4v) is 7.03. The van der Waals surface area contributed by atoms with Crippen molar-refractivity contribution < 1.29 is 129 Å². The van der Waals surface area contributed by atoms with Gasteiger partial charge in [-0.25, -0.2) is 0 Å². The Balaban J connectivity index is 1.47. The van der Waals surface area contributed by atoms with E-state index in [0.717, 1.165) is 0 Å². The Morgan fingerprint density at radius 1 is 0.357 bits per heavy atom. The molecule has 0 aromatic carbocycles. The normalized spacial score (nSPS) is 51.3. The van der Waals surface area contributed by atoms with E-state index in [-0.39, 0.29) is 0 Å². The highest BCUT2D eigenvalue weighted by Crippen LogP contribution is 2.37. The van der Waals surface area contributed by atoms with Gasteiger partial charge in [0.25, 0.3) is 0 Å². The SMILES string of the molecule is OC[C@@H](O)[C@@H]1O[C@@H](O[C@@H]2[C@H](O)[C@@H](O[C@@H]3[C@@H](O[C@H]4[C@@H](O)[C@H](O)[C@@H](CO)O[C@@H]4O)O[C@H](CO)[C@@H](O)[C@@H]3O[C@@H]3O[C@@H]([C@H](O)CO)[C@H](O)[C@H]3O)O[C@H](CO)[C@H]2O)[C@H](O)[C@H]1O. The molecule has 0 saturated carbocycles. The molecule has 328 valence electrons. The van der Waals surface area contributed by atoms with Gasteiger partial charge in [0.05, 0.1) is 33.0 Å². The number of aliphatic hydroxyl groups excluding tert-OH is 17. The zero-order chi connectivity index (χ0) is 41.3. The Hall–Kier alpha value is -1.04. The summed E-state index contributed by atoms with van der Waals surface area (Å²) in [4.78, 5) is 0. The Kier molecular flexibility index (Phi) is 16.1. The van der Waals surface area contributed by atoms with Crippen molar-refractivity contribution in [1.29, 1.82) is 0 Å². The van der Waals surface area contributed by atoms with Crippen LogP contribution in [0.5, 0.6) is 0 Å². The molecule has 0 bridgehead atoms. The summed E-state index contributed by atoms with van der Waals surface area (Å²) in [7, 11) is 0. The number of ether oxygens (including phenoxy) is 9. The van der Waals surface area contributed by atoms with Crippen molar-refractivity contribution in [2.24, 2.45) is 0 Å². The van der Waals surface area contributed by atoms with Crippen molar-refractivity contribution in [2.45, 2.75) is 154 Å². The zero-order valence-corrected chi connectivity index (χ0v) is 29.2. The van der Waals surface area contributed by atoms with Crippen molar-refractivity contribution in [3.63, 3.8) is 0 Å². The number of aliphatic hydroxyl groups is 17. The molecule has 0 aromatic heterocycles. The molecule has 0 amide bonds. The van der Waals surface area contributed by atoms with Gasteiger partial charge in [-0.1, -0.05) is 0 Å². The predicted octanol–water partition coefficient (Wildman–Crippen LogP) is -11.9. The van der Waals surface area contributed by atoms with Gasteiger partial charge in [0.1, 0.15) is 122 Å². The molecule has 5 heterocycles. The zero-order valence-electron chi connectivity index (χ0n) is 29.2. The van der Waals surface area contributed by atoms with E-state index in [1.165, 1.54) is 0 Å². The summed E-state index contributed by atoms with van der Waals surface area (Å²) in [5, 5.41) is 176. The second-order valence-corrected chi connectivity index (χ2v) is 14.0. The molecule has 5 saturated heterocycles. The Morgan fingerprint density at radius 3 is 1.23 bits per heavy atom. The lowest BCUT2D eigenvalue weighted by Crippen LogP contribution is -2.68. The van der Waals surface area contributed by atoms with E-state index in [4.69, 9.17) is 42.6 Å². The van der Waals surface area contributed by atoms with Crippen LogP contribution in [-0.4, -0.2) is 273 Å². The van der Waals surface area contributed by atoms with Crippen molar-refractivity contribution in [2.75, 3.05) is 33.0 Å². The van der Waals surface area contributed by atoms with Crippen molar-refractivity contribution in [3.05, 3.63) is 0 Å². The minimum atomic E-state index is -2.20. The Bertz CT molecular complexity index is 1210. The van der Waals surface area contributed by atoms with Gasteiger partial charge in [0, 0.05) is 0 Å². The van der Waals surface area contributed by atoms with Gasteiger partial charge in [-0.3, -0.25) is 0 Å². The first-order valence-electron chi connectivity index (χ1n) is 17.6. The summed E-state index contributed by atoms with van der Waals surface area (Å²) in [5.41, 5.74) is 0. The smallest absolute Gasteiger partial charge is 0.187 e. The molecular formula is C30H52O26. The molecule has 0 aliphatic carbocycles. The van der Waals surface area contributed by atoms with Crippen molar-refractivity contribution in [1.82, 2.24) is 0 Å².